The Morgan fingerprint density at radius 1 is 0.750 bits per heavy atom. The van der Waals surface area contributed by atoms with E-state index in [0.29, 0.717) is 12.2 Å². The molecule has 0 spiro atoms. The Morgan fingerprint density at radius 3 is 2.00 bits per heavy atom. The average molecular weight is 317 g/mol. The Hall–Kier alpha value is -2.91. The SMILES string of the molecule is O=C(NCOCc1ccc(-c2ccccc2)cc1)c1ccccc1. The van der Waals surface area contributed by atoms with Crippen molar-refractivity contribution in [2.75, 3.05) is 6.73 Å². The number of nitrogens with one attached hydrogen (secondary N) is 1. The van der Waals surface area contributed by atoms with Crippen LogP contribution < -0.4 is 5.32 Å². The van der Waals surface area contributed by atoms with Crippen LogP contribution in [-0.4, -0.2) is 12.6 Å². The summed E-state index contributed by atoms with van der Waals surface area (Å²) in [5.74, 6) is -0.130. The Balaban J connectivity index is 1.46. The van der Waals surface area contributed by atoms with Crippen LogP contribution in [0, 0.1) is 0 Å². The summed E-state index contributed by atoms with van der Waals surface area (Å²) < 4.78 is 5.53. The van der Waals surface area contributed by atoms with Gasteiger partial charge in [0.1, 0.15) is 6.73 Å². The minimum atomic E-state index is -0.130. The van der Waals surface area contributed by atoms with Gasteiger partial charge in [0.25, 0.3) is 5.91 Å². The summed E-state index contributed by atoms with van der Waals surface area (Å²) in [6.45, 7) is 0.651. The van der Waals surface area contributed by atoms with Gasteiger partial charge < -0.3 is 10.1 Å². The van der Waals surface area contributed by atoms with Gasteiger partial charge in [-0.2, -0.15) is 0 Å². The average Bonchev–Trinajstić information content (AvgIpc) is 2.67. The van der Waals surface area contributed by atoms with Crippen molar-refractivity contribution in [1.82, 2.24) is 5.32 Å². The van der Waals surface area contributed by atoms with E-state index in [9.17, 15) is 4.79 Å². The molecule has 0 aliphatic rings. The van der Waals surface area contributed by atoms with Crippen molar-refractivity contribution in [3.8, 4) is 11.1 Å². The molecule has 3 aromatic carbocycles. The van der Waals surface area contributed by atoms with E-state index >= 15 is 0 Å². The van der Waals surface area contributed by atoms with E-state index in [1.54, 1.807) is 12.1 Å². The lowest BCUT2D eigenvalue weighted by Gasteiger charge is -2.08. The second kappa shape index (κ2) is 8.09. The first-order chi connectivity index (χ1) is 11.8. The molecule has 3 heteroatoms. The third kappa shape index (κ3) is 4.31. The van der Waals surface area contributed by atoms with Gasteiger partial charge in [0.05, 0.1) is 6.61 Å². The first-order valence-corrected chi connectivity index (χ1v) is 7.88. The van der Waals surface area contributed by atoms with Crippen LogP contribution in [-0.2, 0) is 11.3 Å². The summed E-state index contributed by atoms with van der Waals surface area (Å²) in [4.78, 5) is 11.9. The van der Waals surface area contributed by atoms with Gasteiger partial charge in [-0.05, 0) is 28.8 Å². The summed E-state index contributed by atoms with van der Waals surface area (Å²) in [5.41, 5.74) is 4.08. The molecular weight excluding hydrogens is 298 g/mol. The zero-order valence-corrected chi connectivity index (χ0v) is 13.3. The molecule has 24 heavy (non-hydrogen) atoms. The van der Waals surface area contributed by atoms with E-state index in [-0.39, 0.29) is 12.6 Å². The normalized spacial score (nSPS) is 10.3. The van der Waals surface area contributed by atoms with Gasteiger partial charge in [0, 0.05) is 5.56 Å². The van der Waals surface area contributed by atoms with Crippen LogP contribution >= 0.6 is 0 Å². The van der Waals surface area contributed by atoms with Crippen molar-refractivity contribution < 1.29 is 9.53 Å². The van der Waals surface area contributed by atoms with E-state index in [2.05, 4.69) is 29.6 Å². The number of ether oxygens (including phenoxy) is 1. The molecule has 0 aromatic heterocycles. The minimum absolute atomic E-state index is 0.130. The highest BCUT2D eigenvalue weighted by Gasteiger charge is 2.03. The number of hydrogen-bond donors (Lipinski definition) is 1. The third-order valence-electron chi connectivity index (χ3n) is 3.70. The van der Waals surface area contributed by atoms with Gasteiger partial charge in [-0.1, -0.05) is 72.8 Å². The fourth-order valence-corrected chi connectivity index (χ4v) is 2.40. The first kappa shape index (κ1) is 16.0. The van der Waals surface area contributed by atoms with Crippen LogP contribution in [0.2, 0.25) is 0 Å². The quantitative estimate of drug-likeness (QED) is 0.545. The largest absolute Gasteiger partial charge is 0.357 e. The highest BCUT2D eigenvalue weighted by atomic mass is 16.5. The maximum atomic E-state index is 11.9. The zero-order valence-electron chi connectivity index (χ0n) is 13.3. The molecule has 0 heterocycles. The summed E-state index contributed by atoms with van der Waals surface area (Å²) in [6.07, 6.45) is 0. The van der Waals surface area contributed by atoms with Gasteiger partial charge >= 0.3 is 0 Å². The van der Waals surface area contributed by atoms with Crippen LogP contribution in [0.25, 0.3) is 11.1 Å². The number of amides is 1. The minimum Gasteiger partial charge on any atom is -0.357 e. The Kier molecular flexibility index (Phi) is 5.38. The molecule has 3 aromatic rings. The van der Waals surface area contributed by atoms with E-state index in [1.165, 1.54) is 11.1 Å². The van der Waals surface area contributed by atoms with Gasteiger partial charge in [0.15, 0.2) is 0 Å². The molecule has 3 rings (SSSR count). The molecule has 0 aliphatic carbocycles. The van der Waals surface area contributed by atoms with Gasteiger partial charge in [0.2, 0.25) is 0 Å². The second-order valence-electron chi connectivity index (χ2n) is 5.43. The second-order valence-corrected chi connectivity index (χ2v) is 5.43. The molecule has 0 saturated heterocycles. The number of carbonyl (C=O) groups is 1. The van der Waals surface area contributed by atoms with Crippen LogP contribution in [0.15, 0.2) is 84.9 Å². The van der Waals surface area contributed by atoms with E-state index in [0.717, 1.165) is 5.56 Å². The van der Waals surface area contributed by atoms with Crippen molar-refractivity contribution >= 4 is 5.91 Å². The Morgan fingerprint density at radius 2 is 1.33 bits per heavy atom. The molecule has 0 fully saturated rings. The molecule has 120 valence electrons. The highest BCUT2D eigenvalue weighted by molar-refractivity contribution is 5.93. The van der Waals surface area contributed by atoms with Gasteiger partial charge in [-0.3, -0.25) is 4.79 Å². The molecule has 1 amide bonds. The zero-order chi connectivity index (χ0) is 16.6. The third-order valence-corrected chi connectivity index (χ3v) is 3.70. The number of carbonyl (C=O) groups excluding carboxylic acids is 1. The molecule has 0 saturated carbocycles. The summed E-state index contributed by atoms with van der Waals surface area (Å²) in [6, 6.07) is 27.6. The maximum absolute atomic E-state index is 11.9. The van der Waals surface area contributed by atoms with Crippen LogP contribution in [0.1, 0.15) is 15.9 Å². The maximum Gasteiger partial charge on any atom is 0.253 e. The monoisotopic (exact) mass is 317 g/mol. The van der Waals surface area contributed by atoms with Crippen molar-refractivity contribution in [1.29, 1.82) is 0 Å². The number of benzene rings is 3. The van der Waals surface area contributed by atoms with Crippen LogP contribution in [0.5, 0.6) is 0 Å². The molecule has 0 bridgehead atoms. The van der Waals surface area contributed by atoms with Crippen molar-refractivity contribution in [3.63, 3.8) is 0 Å². The molecule has 1 N–H and O–H groups in total. The Bertz CT molecular complexity index is 768. The van der Waals surface area contributed by atoms with Crippen LogP contribution in [0.4, 0.5) is 0 Å². The van der Waals surface area contributed by atoms with E-state index in [4.69, 9.17) is 4.74 Å². The lowest BCUT2D eigenvalue weighted by molar-refractivity contribution is 0.0751. The van der Waals surface area contributed by atoms with E-state index in [1.807, 2.05) is 48.5 Å². The van der Waals surface area contributed by atoms with Gasteiger partial charge in [-0.15, -0.1) is 0 Å². The summed E-state index contributed by atoms with van der Waals surface area (Å²) in [7, 11) is 0. The van der Waals surface area contributed by atoms with Gasteiger partial charge in [-0.25, -0.2) is 0 Å². The summed E-state index contributed by atoms with van der Waals surface area (Å²) >= 11 is 0. The van der Waals surface area contributed by atoms with Crippen LogP contribution in [0.3, 0.4) is 0 Å². The number of hydrogen-bond acceptors (Lipinski definition) is 2. The molecule has 0 atom stereocenters. The first-order valence-electron chi connectivity index (χ1n) is 7.88. The van der Waals surface area contributed by atoms with Crippen molar-refractivity contribution in [2.24, 2.45) is 0 Å². The predicted octanol–water partition coefficient (Wildman–Crippen LogP) is 4.26. The number of rotatable bonds is 6. The molecular formula is C21H19NO2. The molecule has 0 unspecified atom stereocenters. The highest BCUT2D eigenvalue weighted by Crippen LogP contribution is 2.19. The van der Waals surface area contributed by atoms with Crippen molar-refractivity contribution in [3.05, 3.63) is 96.1 Å². The lowest BCUT2D eigenvalue weighted by Crippen LogP contribution is -2.25. The van der Waals surface area contributed by atoms with Crippen molar-refractivity contribution in [2.45, 2.75) is 6.61 Å². The predicted molar refractivity (Wildman–Crippen MR) is 95.4 cm³/mol. The smallest absolute Gasteiger partial charge is 0.253 e. The fraction of sp³-hybridized carbons (Fsp3) is 0.0952. The topological polar surface area (TPSA) is 38.3 Å². The molecule has 0 aliphatic heterocycles. The molecule has 3 nitrogen and oxygen atoms in total. The standard InChI is InChI=1S/C21H19NO2/c23-21(20-9-5-2-6-10-20)22-16-24-15-17-11-13-19(14-12-17)18-7-3-1-4-8-18/h1-14H,15-16H2,(H,22,23). The van der Waals surface area contributed by atoms with E-state index < -0.39 is 0 Å². The lowest BCUT2D eigenvalue weighted by atomic mass is 10.0. The Labute approximate surface area is 141 Å². The summed E-state index contributed by atoms with van der Waals surface area (Å²) in [5, 5.41) is 2.75. The fourth-order valence-electron chi connectivity index (χ4n) is 2.40. The molecule has 0 radical (unpaired) electrons.